The van der Waals surface area contributed by atoms with Gasteiger partial charge in [0.05, 0.1) is 17.7 Å². The normalized spacial score (nSPS) is 10.0. The number of hydrogen-bond donors (Lipinski definition) is 1. The second kappa shape index (κ2) is 6.64. The first-order valence-electron chi connectivity index (χ1n) is 4.91. The van der Waals surface area contributed by atoms with E-state index < -0.39 is 0 Å². The van der Waals surface area contributed by atoms with Gasteiger partial charge in [-0.15, -0.1) is 6.58 Å². The van der Waals surface area contributed by atoms with Gasteiger partial charge in [-0.05, 0) is 46.5 Å². The molecule has 0 bridgehead atoms. The fraction of sp³-hybridized carbons (Fsp3) is 0.333. The number of unbranched alkanes of at least 4 members (excludes halogenated alkanes) is 1. The fourth-order valence-corrected chi connectivity index (χ4v) is 1.71. The van der Waals surface area contributed by atoms with E-state index >= 15 is 0 Å². The Kier molecular flexibility index (Phi) is 5.43. The van der Waals surface area contributed by atoms with Gasteiger partial charge in [0, 0.05) is 0 Å². The van der Waals surface area contributed by atoms with Crippen LogP contribution in [0, 0.1) is 0 Å². The number of ether oxygens (including phenoxy) is 1. The van der Waals surface area contributed by atoms with E-state index in [-0.39, 0.29) is 6.61 Å². The van der Waals surface area contributed by atoms with Gasteiger partial charge in [-0.2, -0.15) is 0 Å². The second-order valence-electron chi connectivity index (χ2n) is 3.20. The molecule has 0 saturated heterocycles. The summed E-state index contributed by atoms with van der Waals surface area (Å²) in [7, 11) is 0. The SMILES string of the molecule is C=CCCCOc1ccc(CO)cc1Br. The Bertz CT molecular complexity index is 323. The minimum Gasteiger partial charge on any atom is -0.492 e. The van der Waals surface area contributed by atoms with E-state index in [9.17, 15) is 0 Å². The molecule has 1 rings (SSSR count). The summed E-state index contributed by atoms with van der Waals surface area (Å²) in [6, 6.07) is 5.58. The number of allylic oxidation sites excluding steroid dienone is 1. The molecule has 0 saturated carbocycles. The summed E-state index contributed by atoms with van der Waals surface area (Å²) in [5.41, 5.74) is 0.875. The lowest BCUT2D eigenvalue weighted by Crippen LogP contribution is -1.97. The van der Waals surface area contributed by atoms with E-state index in [4.69, 9.17) is 9.84 Å². The zero-order valence-corrected chi connectivity index (χ0v) is 10.2. The van der Waals surface area contributed by atoms with Crippen molar-refractivity contribution in [2.24, 2.45) is 0 Å². The van der Waals surface area contributed by atoms with Crippen molar-refractivity contribution in [1.82, 2.24) is 0 Å². The van der Waals surface area contributed by atoms with Crippen LogP contribution in [-0.2, 0) is 6.61 Å². The van der Waals surface area contributed by atoms with E-state index in [1.807, 2.05) is 24.3 Å². The van der Waals surface area contributed by atoms with Crippen molar-refractivity contribution in [1.29, 1.82) is 0 Å². The molecule has 2 nitrogen and oxygen atoms in total. The molecule has 0 fully saturated rings. The molecule has 0 radical (unpaired) electrons. The molecule has 0 aliphatic rings. The van der Waals surface area contributed by atoms with Crippen LogP contribution in [0.5, 0.6) is 5.75 Å². The largest absolute Gasteiger partial charge is 0.492 e. The smallest absolute Gasteiger partial charge is 0.133 e. The van der Waals surface area contributed by atoms with Gasteiger partial charge in [0.15, 0.2) is 0 Å². The molecule has 0 amide bonds. The Morgan fingerprint density at radius 2 is 2.27 bits per heavy atom. The van der Waals surface area contributed by atoms with E-state index in [1.54, 1.807) is 0 Å². The van der Waals surface area contributed by atoms with Gasteiger partial charge in [0.25, 0.3) is 0 Å². The van der Waals surface area contributed by atoms with Crippen molar-refractivity contribution < 1.29 is 9.84 Å². The predicted molar refractivity (Wildman–Crippen MR) is 65.0 cm³/mol. The van der Waals surface area contributed by atoms with Crippen molar-refractivity contribution in [2.45, 2.75) is 19.4 Å². The van der Waals surface area contributed by atoms with Crippen LogP contribution in [0.3, 0.4) is 0 Å². The number of aliphatic hydroxyl groups is 1. The summed E-state index contributed by atoms with van der Waals surface area (Å²) in [6.07, 6.45) is 3.82. The quantitative estimate of drug-likeness (QED) is 0.635. The van der Waals surface area contributed by atoms with Crippen molar-refractivity contribution in [3.63, 3.8) is 0 Å². The average molecular weight is 271 g/mol. The van der Waals surface area contributed by atoms with Gasteiger partial charge in [-0.1, -0.05) is 12.1 Å². The molecule has 0 atom stereocenters. The van der Waals surface area contributed by atoms with E-state index in [1.165, 1.54) is 0 Å². The number of rotatable bonds is 6. The monoisotopic (exact) mass is 270 g/mol. The third-order valence-electron chi connectivity index (χ3n) is 1.99. The van der Waals surface area contributed by atoms with E-state index in [0.717, 1.165) is 28.6 Å². The molecule has 0 heterocycles. The summed E-state index contributed by atoms with van der Waals surface area (Å²) in [5, 5.41) is 8.93. The predicted octanol–water partition coefficient (Wildman–Crippen LogP) is 3.29. The van der Waals surface area contributed by atoms with Crippen LogP contribution in [0.1, 0.15) is 18.4 Å². The molecule has 0 aliphatic heterocycles. The third kappa shape index (κ3) is 4.06. The molecule has 1 N–H and O–H groups in total. The standard InChI is InChI=1S/C12H15BrO2/c1-2-3-4-7-15-12-6-5-10(9-14)8-11(12)13/h2,5-6,8,14H,1,3-4,7,9H2. The van der Waals surface area contributed by atoms with Crippen LogP contribution in [-0.4, -0.2) is 11.7 Å². The van der Waals surface area contributed by atoms with Crippen LogP contribution in [0.2, 0.25) is 0 Å². The minimum atomic E-state index is 0.0509. The molecular weight excluding hydrogens is 256 g/mol. The summed E-state index contributed by atoms with van der Waals surface area (Å²) < 4.78 is 6.44. The molecule has 0 spiro atoms. The maximum absolute atomic E-state index is 8.93. The lowest BCUT2D eigenvalue weighted by Gasteiger charge is -2.08. The fourth-order valence-electron chi connectivity index (χ4n) is 1.17. The molecular formula is C12H15BrO2. The molecule has 0 unspecified atom stereocenters. The molecule has 3 heteroatoms. The van der Waals surface area contributed by atoms with E-state index in [2.05, 4.69) is 22.5 Å². The van der Waals surface area contributed by atoms with E-state index in [0.29, 0.717) is 6.61 Å². The van der Waals surface area contributed by atoms with Gasteiger partial charge in [-0.25, -0.2) is 0 Å². The summed E-state index contributed by atoms with van der Waals surface area (Å²) in [6.45, 7) is 4.39. The topological polar surface area (TPSA) is 29.5 Å². The summed E-state index contributed by atoms with van der Waals surface area (Å²) in [5.74, 6) is 0.816. The van der Waals surface area contributed by atoms with Crippen LogP contribution in [0.15, 0.2) is 35.3 Å². The number of hydrogen-bond acceptors (Lipinski definition) is 2. The summed E-state index contributed by atoms with van der Waals surface area (Å²) in [4.78, 5) is 0. The Balaban J connectivity index is 2.50. The average Bonchev–Trinajstić information content (AvgIpc) is 2.26. The maximum Gasteiger partial charge on any atom is 0.133 e. The number of benzene rings is 1. The second-order valence-corrected chi connectivity index (χ2v) is 4.06. The number of halogens is 1. The van der Waals surface area contributed by atoms with Crippen molar-refractivity contribution in [3.8, 4) is 5.75 Å². The van der Waals surface area contributed by atoms with Crippen LogP contribution >= 0.6 is 15.9 Å². The van der Waals surface area contributed by atoms with Gasteiger partial charge in [-0.3, -0.25) is 0 Å². The zero-order valence-electron chi connectivity index (χ0n) is 8.58. The molecule has 15 heavy (non-hydrogen) atoms. The van der Waals surface area contributed by atoms with Crippen LogP contribution in [0.25, 0.3) is 0 Å². The molecule has 1 aromatic carbocycles. The first-order chi connectivity index (χ1) is 7.27. The maximum atomic E-state index is 8.93. The Labute approximate surface area is 98.7 Å². The van der Waals surface area contributed by atoms with Gasteiger partial charge in [0.2, 0.25) is 0 Å². The lowest BCUT2D eigenvalue weighted by molar-refractivity contribution is 0.281. The highest BCUT2D eigenvalue weighted by atomic mass is 79.9. The van der Waals surface area contributed by atoms with Crippen LogP contribution in [0.4, 0.5) is 0 Å². The first-order valence-corrected chi connectivity index (χ1v) is 5.70. The van der Waals surface area contributed by atoms with Crippen molar-refractivity contribution in [3.05, 3.63) is 40.9 Å². The lowest BCUT2D eigenvalue weighted by atomic mass is 10.2. The highest BCUT2D eigenvalue weighted by Crippen LogP contribution is 2.26. The molecule has 1 aromatic rings. The highest BCUT2D eigenvalue weighted by molar-refractivity contribution is 9.10. The minimum absolute atomic E-state index is 0.0509. The Morgan fingerprint density at radius 3 is 2.87 bits per heavy atom. The Hall–Kier alpha value is -0.800. The molecule has 0 aliphatic carbocycles. The third-order valence-corrected chi connectivity index (χ3v) is 2.61. The Morgan fingerprint density at radius 1 is 1.47 bits per heavy atom. The van der Waals surface area contributed by atoms with Gasteiger partial charge in [0.1, 0.15) is 5.75 Å². The zero-order chi connectivity index (χ0) is 11.1. The van der Waals surface area contributed by atoms with Gasteiger partial charge < -0.3 is 9.84 Å². The van der Waals surface area contributed by atoms with Gasteiger partial charge >= 0.3 is 0 Å². The molecule has 0 aromatic heterocycles. The van der Waals surface area contributed by atoms with Crippen LogP contribution < -0.4 is 4.74 Å². The summed E-state index contributed by atoms with van der Waals surface area (Å²) >= 11 is 3.40. The van der Waals surface area contributed by atoms with Crippen molar-refractivity contribution >= 4 is 15.9 Å². The number of aliphatic hydroxyl groups excluding tert-OH is 1. The highest BCUT2D eigenvalue weighted by Gasteiger charge is 2.01. The van der Waals surface area contributed by atoms with Crippen molar-refractivity contribution in [2.75, 3.05) is 6.61 Å². The molecule has 82 valence electrons. The first kappa shape index (κ1) is 12.3.